The number of aliphatic hydroxyl groups is 3. The highest BCUT2D eigenvalue weighted by Gasteiger charge is 2.31. The van der Waals surface area contributed by atoms with Gasteiger partial charge in [-0.2, -0.15) is 0 Å². The third-order valence-corrected chi connectivity index (χ3v) is 4.06. The van der Waals surface area contributed by atoms with Crippen LogP contribution in [0, 0.1) is 6.92 Å². The van der Waals surface area contributed by atoms with Crippen molar-refractivity contribution in [3.05, 3.63) is 29.8 Å². The third kappa shape index (κ3) is 2.59. The molecule has 5 nitrogen and oxygen atoms in total. The molecule has 0 saturated heterocycles. The van der Waals surface area contributed by atoms with Crippen molar-refractivity contribution in [3.8, 4) is 0 Å². The maximum atomic E-state index is 11.7. The predicted molar refractivity (Wildman–Crippen MR) is 57.5 cm³/mol. The molecule has 90 valence electrons. The largest absolute Gasteiger partial charge is 0.394 e. The molecule has 3 N–H and O–H groups in total. The number of hydrogen-bond donors (Lipinski definition) is 3. The monoisotopic (exact) mass is 246 g/mol. The van der Waals surface area contributed by atoms with Gasteiger partial charge in [-0.15, -0.1) is 0 Å². The summed E-state index contributed by atoms with van der Waals surface area (Å²) in [6.45, 7) is 0.988. The minimum atomic E-state index is -4.02. The Morgan fingerprint density at radius 1 is 1.19 bits per heavy atom. The second-order valence-corrected chi connectivity index (χ2v) is 5.54. The van der Waals surface area contributed by atoms with Crippen molar-refractivity contribution in [3.63, 3.8) is 0 Å². The Labute approximate surface area is 93.9 Å². The molecule has 2 atom stereocenters. The Morgan fingerprint density at radius 2 is 1.69 bits per heavy atom. The van der Waals surface area contributed by atoms with Gasteiger partial charge in [-0.25, -0.2) is 8.42 Å². The molecule has 1 aromatic rings. The highest BCUT2D eigenvalue weighted by atomic mass is 32.2. The zero-order valence-electron chi connectivity index (χ0n) is 8.74. The molecule has 0 heterocycles. The molecule has 6 heteroatoms. The summed E-state index contributed by atoms with van der Waals surface area (Å²) in [5, 5.41) is 27.1. The first-order valence-corrected chi connectivity index (χ1v) is 6.22. The van der Waals surface area contributed by atoms with E-state index < -0.39 is 28.0 Å². The zero-order valence-corrected chi connectivity index (χ0v) is 9.55. The average molecular weight is 246 g/mol. The topological polar surface area (TPSA) is 94.8 Å². The van der Waals surface area contributed by atoms with Crippen molar-refractivity contribution in [1.29, 1.82) is 0 Å². The maximum absolute atomic E-state index is 11.7. The van der Waals surface area contributed by atoms with Gasteiger partial charge in [-0.3, -0.25) is 0 Å². The molecule has 16 heavy (non-hydrogen) atoms. The van der Waals surface area contributed by atoms with Crippen molar-refractivity contribution < 1.29 is 23.7 Å². The summed E-state index contributed by atoms with van der Waals surface area (Å²) in [5.74, 6) is 0. The summed E-state index contributed by atoms with van der Waals surface area (Å²) in [6.07, 6.45) is -1.70. The first-order chi connectivity index (χ1) is 7.39. The number of aryl methyl sites for hydroxylation is 1. The van der Waals surface area contributed by atoms with Crippen LogP contribution in [-0.4, -0.2) is 41.9 Å². The Hall–Kier alpha value is -0.950. The quantitative estimate of drug-likeness (QED) is 0.662. The fourth-order valence-corrected chi connectivity index (χ4v) is 2.46. The Bertz CT molecular complexity index is 437. The van der Waals surface area contributed by atoms with Crippen molar-refractivity contribution in [1.82, 2.24) is 0 Å². The fourth-order valence-electron chi connectivity index (χ4n) is 1.16. The molecule has 0 spiro atoms. The van der Waals surface area contributed by atoms with Gasteiger partial charge in [0.05, 0.1) is 11.5 Å². The SMILES string of the molecule is Cc1ccc(S(=O)(=O)[C@H](O)C(O)CO)cc1. The summed E-state index contributed by atoms with van der Waals surface area (Å²) in [7, 11) is -4.02. The smallest absolute Gasteiger partial charge is 0.207 e. The van der Waals surface area contributed by atoms with Crippen LogP contribution in [-0.2, 0) is 9.84 Å². The van der Waals surface area contributed by atoms with Gasteiger partial charge in [0.1, 0.15) is 6.10 Å². The zero-order chi connectivity index (χ0) is 12.3. The normalized spacial score (nSPS) is 15.8. The molecule has 0 radical (unpaired) electrons. The van der Waals surface area contributed by atoms with Crippen molar-refractivity contribution in [2.45, 2.75) is 23.4 Å². The molecule has 0 aromatic heterocycles. The molecule has 1 aromatic carbocycles. The fraction of sp³-hybridized carbons (Fsp3) is 0.400. The summed E-state index contributed by atoms with van der Waals surface area (Å²) in [5.41, 5.74) is -1.13. The van der Waals surface area contributed by atoms with Crippen LogP contribution in [0.3, 0.4) is 0 Å². The lowest BCUT2D eigenvalue weighted by atomic mass is 10.2. The molecule has 1 unspecified atom stereocenters. The van der Waals surface area contributed by atoms with Crippen LogP contribution < -0.4 is 0 Å². The molecular formula is C10H14O5S. The number of sulfone groups is 1. The van der Waals surface area contributed by atoms with E-state index in [1.807, 2.05) is 0 Å². The van der Waals surface area contributed by atoms with Crippen LogP contribution in [0.1, 0.15) is 5.56 Å². The van der Waals surface area contributed by atoms with Gasteiger partial charge in [-0.1, -0.05) is 17.7 Å². The van der Waals surface area contributed by atoms with Gasteiger partial charge in [0.25, 0.3) is 0 Å². The van der Waals surface area contributed by atoms with Crippen molar-refractivity contribution in [2.24, 2.45) is 0 Å². The molecule has 0 aliphatic carbocycles. The van der Waals surface area contributed by atoms with Crippen molar-refractivity contribution in [2.75, 3.05) is 6.61 Å². The van der Waals surface area contributed by atoms with E-state index >= 15 is 0 Å². The lowest BCUT2D eigenvalue weighted by Gasteiger charge is -2.16. The second kappa shape index (κ2) is 4.92. The summed E-state index contributed by atoms with van der Waals surface area (Å²) < 4.78 is 23.4. The third-order valence-electron chi connectivity index (χ3n) is 2.18. The van der Waals surface area contributed by atoms with Crippen LogP contribution in [0.5, 0.6) is 0 Å². The van der Waals surface area contributed by atoms with E-state index in [2.05, 4.69) is 0 Å². The average Bonchev–Trinajstić information content (AvgIpc) is 2.27. The molecule has 0 fully saturated rings. The van der Waals surface area contributed by atoms with Gasteiger partial charge >= 0.3 is 0 Å². The van der Waals surface area contributed by atoms with Crippen LogP contribution in [0.4, 0.5) is 0 Å². The lowest BCUT2D eigenvalue weighted by molar-refractivity contribution is 0.0241. The van der Waals surface area contributed by atoms with Gasteiger partial charge in [0.15, 0.2) is 5.44 Å². The van der Waals surface area contributed by atoms with E-state index in [-0.39, 0.29) is 4.90 Å². The van der Waals surface area contributed by atoms with E-state index in [4.69, 9.17) is 10.2 Å². The Balaban J connectivity index is 3.07. The van der Waals surface area contributed by atoms with Crippen LogP contribution >= 0.6 is 0 Å². The second-order valence-electron chi connectivity index (χ2n) is 3.50. The van der Waals surface area contributed by atoms with Gasteiger partial charge in [-0.05, 0) is 19.1 Å². The first kappa shape index (κ1) is 13.1. The molecule has 1 rings (SSSR count). The first-order valence-electron chi connectivity index (χ1n) is 4.67. The Morgan fingerprint density at radius 3 is 2.12 bits per heavy atom. The van der Waals surface area contributed by atoms with E-state index in [0.717, 1.165) is 5.56 Å². The lowest BCUT2D eigenvalue weighted by Crippen LogP contribution is -2.36. The van der Waals surface area contributed by atoms with Gasteiger partial charge in [0.2, 0.25) is 9.84 Å². The van der Waals surface area contributed by atoms with E-state index in [0.29, 0.717) is 0 Å². The Kier molecular flexibility index (Phi) is 4.03. The van der Waals surface area contributed by atoms with E-state index in [9.17, 15) is 13.5 Å². The molecule has 0 aliphatic rings. The van der Waals surface area contributed by atoms with Crippen molar-refractivity contribution >= 4 is 9.84 Å². The highest BCUT2D eigenvalue weighted by molar-refractivity contribution is 7.92. The van der Waals surface area contributed by atoms with Gasteiger partial charge < -0.3 is 15.3 Å². The van der Waals surface area contributed by atoms with Crippen LogP contribution in [0.15, 0.2) is 29.2 Å². The molecule has 0 amide bonds. The standard InChI is InChI=1S/C10H14O5S/c1-7-2-4-8(5-3-7)16(14,15)10(13)9(12)6-11/h2-5,9-13H,6H2,1H3/t9?,10-/m0/s1. The predicted octanol–water partition coefficient (Wildman–Crippen LogP) is -0.560. The molecule has 0 aliphatic heterocycles. The molecular weight excluding hydrogens is 232 g/mol. The molecule has 0 bridgehead atoms. The number of hydrogen-bond acceptors (Lipinski definition) is 5. The molecule has 0 saturated carbocycles. The van der Waals surface area contributed by atoms with Gasteiger partial charge in [0, 0.05) is 0 Å². The summed E-state index contributed by atoms with van der Waals surface area (Å²) in [6, 6.07) is 5.87. The highest BCUT2D eigenvalue weighted by Crippen LogP contribution is 2.17. The maximum Gasteiger partial charge on any atom is 0.207 e. The number of aliphatic hydroxyl groups excluding tert-OH is 3. The summed E-state index contributed by atoms with van der Waals surface area (Å²) >= 11 is 0. The number of benzene rings is 1. The van der Waals surface area contributed by atoms with Crippen LogP contribution in [0.2, 0.25) is 0 Å². The number of rotatable bonds is 4. The minimum Gasteiger partial charge on any atom is -0.394 e. The summed E-state index contributed by atoms with van der Waals surface area (Å²) in [4.78, 5) is -0.0851. The minimum absolute atomic E-state index is 0.0851. The van der Waals surface area contributed by atoms with Crippen LogP contribution in [0.25, 0.3) is 0 Å². The van der Waals surface area contributed by atoms with E-state index in [1.165, 1.54) is 12.1 Å². The van der Waals surface area contributed by atoms with E-state index in [1.54, 1.807) is 19.1 Å².